The van der Waals surface area contributed by atoms with Crippen LogP contribution in [0.2, 0.25) is 0 Å². The van der Waals surface area contributed by atoms with Crippen molar-refractivity contribution in [3.05, 3.63) is 95.6 Å². The van der Waals surface area contributed by atoms with Gasteiger partial charge in [0.25, 0.3) is 5.91 Å². The molecule has 1 saturated heterocycles. The van der Waals surface area contributed by atoms with Crippen LogP contribution in [0.1, 0.15) is 55.1 Å². The first kappa shape index (κ1) is 28.3. The molecule has 0 unspecified atom stereocenters. The van der Waals surface area contributed by atoms with Crippen LogP contribution in [0.5, 0.6) is 0 Å². The van der Waals surface area contributed by atoms with E-state index in [9.17, 15) is 14.7 Å². The summed E-state index contributed by atoms with van der Waals surface area (Å²) in [6.07, 6.45) is 0.966. The third kappa shape index (κ3) is 7.46. The predicted molar refractivity (Wildman–Crippen MR) is 157 cm³/mol. The van der Waals surface area contributed by atoms with E-state index in [2.05, 4.69) is 41.9 Å². The van der Waals surface area contributed by atoms with E-state index >= 15 is 0 Å². The van der Waals surface area contributed by atoms with Crippen molar-refractivity contribution in [2.75, 3.05) is 29.9 Å². The molecule has 1 fully saturated rings. The highest BCUT2D eigenvalue weighted by Crippen LogP contribution is 2.27. The second-order valence-corrected chi connectivity index (χ2v) is 10.7. The Labute approximate surface area is 231 Å². The minimum Gasteiger partial charge on any atom is -0.390 e. The van der Waals surface area contributed by atoms with Crippen LogP contribution in [0.15, 0.2) is 78.9 Å². The zero-order valence-electron chi connectivity index (χ0n) is 23.1. The van der Waals surface area contributed by atoms with Gasteiger partial charge in [0.2, 0.25) is 5.91 Å². The average molecular weight is 529 g/mol. The van der Waals surface area contributed by atoms with E-state index in [0.717, 1.165) is 23.2 Å². The van der Waals surface area contributed by atoms with Gasteiger partial charge >= 0.3 is 0 Å². The van der Waals surface area contributed by atoms with Crippen LogP contribution >= 0.6 is 0 Å². The highest BCUT2D eigenvalue weighted by Gasteiger charge is 2.28. The van der Waals surface area contributed by atoms with E-state index < -0.39 is 12.1 Å². The predicted octanol–water partition coefficient (Wildman–Crippen LogP) is 4.47. The summed E-state index contributed by atoms with van der Waals surface area (Å²) in [6.45, 7) is 7.78. The molecule has 3 aromatic carbocycles. The van der Waals surface area contributed by atoms with Gasteiger partial charge in [-0.25, -0.2) is 0 Å². The molecule has 2 amide bonds. The molecule has 0 aromatic heterocycles. The molecule has 4 N–H and O–H groups in total. The quantitative estimate of drug-likeness (QED) is 0.278. The summed E-state index contributed by atoms with van der Waals surface area (Å²) in [4.78, 5) is 27.8. The van der Waals surface area contributed by atoms with E-state index in [4.69, 9.17) is 0 Å². The third-order valence-electron chi connectivity index (χ3n) is 7.27. The lowest BCUT2D eigenvalue weighted by molar-refractivity contribution is -0.117. The van der Waals surface area contributed by atoms with Gasteiger partial charge in [0.15, 0.2) is 0 Å². The molecular formula is C32H40N4O3. The van der Waals surface area contributed by atoms with Crippen molar-refractivity contribution in [2.45, 2.75) is 57.7 Å². The molecule has 2 atom stereocenters. The zero-order valence-corrected chi connectivity index (χ0v) is 23.1. The van der Waals surface area contributed by atoms with Gasteiger partial charge in [0.05, 0.1) is 12.1 Å². The fourth-order valence-corrected chi connectivity index (χ4v) is 4.99. The van der Waals surface area contributed by atoms with Crippen molar-refractivity contribution >= 4 is 23.2 Å². The van der Waals surface area contributed by atoms with Crippen molar-refractivity contribution in [3.8, 4) is 0 Å². The molecule has 7 heteroatoms. The maximum absolute atomic E-state index is 13.6. The molecule has 1 aliphatic rings. The SMILES string of the molecule is CCNc1cc(C(=O)N[C@@H](Cc2ccccc2)[C@@H](O)CNC(C)(C)c2ccccc2)cc(N2CCCC2=O)c1. The number of hydrogen-bond acceptors (Lipinski definition) is 5. The summed E-state index contributed by atoms with van der Waals surface area (Å²) in [5, 5.41) is 21.2. The first-order valence-corrected chi connectivity index (χ1v) is 13.8. The fraction of sp³-hybridized carbons (Fsp3) is 0.375. The summed E-state index contributed by atoms with van der Waals surface area (Å²) in [7, 11) is 0. The Balaban J connectivity index is 1.54. The monoisotopic (exact) mass is 528 g/mol. The van der Waals surface area contributed by atoms with Gasteiger partial charge < -0.3 is 26.0 Å². The van der Waals surface area contributed by atoms with Gasteiger partial charge in [0, 0.05) is 48.5 Å². The summed E-state index contributed by atoms with van der Waals surface area (Å²) >= 11 is 0. The number of nitrogens with one attached hydrogen (secondary N) is 3. The van der Waals surface area contributed by atoms with Crippen LogP contribution in [0.4, 0.5) is 11.4 Å². The molecule has 0 saturated carbocycles. The number of anilines is 2. The zero-order chi connectivity index (χ0) is 27.8. The van der Waals surface area contributed by atoms with Crippen molar-refractivity contribution in [1.29, 1.82) is 0 Å². The number of rotatable bonds is 12. The lowest BCUT2D eigenvalue weighted by Crippen LogP contribution is -2.51. The molecule has 0 aliphatic carbocycles. The van der Waals surface area contributed by atoms with E-state index in [1.54, 1.807) is 17.0 Å². The standard InChI is InChI=1S/C32H40N4O3/c1-4-33-26-19-24(20-27(21-26)36-17-11-16-30(36)38)31(39)35-28(18-23-12-7-5-8-13-23)29(37)22-34-32(2,3)25-14-9-6-10-15-25/h5-10,12-15,19-21,28-29,33-34,37H,4,11,16-18,22H2,1-3H3,(H,35,39)/t28-,29-/m0/s1. The third-order valence-corrected chi connectivity index (χ3v) is 7.27. The first-order valence-electron chi connectivity index (χ1n) is 13.8. The topological polar surface area (TPSA) is 93.7 Å². The molecule has 4 rings (SSSR count). The number of carbonyl (C=O) groups is 2. The Bertz CT molecular complexity index is 1250. The van der Waals surface area contributed by atoms with Crippen LogP contribution in [-0.2, 0) is 16.8 Å². The van der Waals surface area contributed by atoms with E-state index in [1.807, 2.05) is 61.5 Å². The number of benzene rings is 3. The van der Waals surface area contributed by atoms with Crippen LogP contribution in [0.25, 0.3) is 0 Å². The first-order chi connectivity index (χ1) is 18.8. The number of amides is 2. The van der Waals surface area contributed by atoms with Crippen LogP contribution in [0, 0.1) is 0 Å². The van der Waals surface area contributed by atoms with Crippen molar-refractivity contribution < 1.29 is 14.7 Å². The number of carbonyl (C=O) groups excluding carboxylic acids is 2. The fourth-order valence-electron chi connectivity index (χ4n) is 4.99. The van der Waals surface area contributed by atoms with Gasteiger partial charge in [-0.3, -0.25) is 9.59 Å². The molecule has 0 spiro atoms. The second-order valence-electron chi connectivity index (χ2n) is 10.7. The van der Waals surface area contributed by atoms with Crippen molar-refractivity contribution in [2.24, 2.45) is 0 Å². The van der Waals surface area contributed by atoms with Crippen molar-refractivity contribution in [1.82, 2.24) is 10.6 Å². The summed E-state index contributed by atoms with van der Waals surface area (Å²) < 4.78 is 0. The smallest absolute Gasteiger partial charge is 0.251 e. The molecule has 0 bridgehead atoms. The van der Waals surface area contributed by atoms with Gasteiger partial charge in [0.1, 0.15) is 0 Å². The summed E-state index contributed by atoms with van der Waals surface area (Å²) in [5.41, 5.74) is 3.73. The summed E-state index contributed by atoms with van der Waals surface area (Å²) in [5.74, 6) is -0.218. The molecule has 7 nitrogen and oxygen atoms in total. The number of aliphatic hydroxyl groups excluding tert-OH is 1. The van der Waals surface area contributed by atoms with E-state index in [0.29, 0.717) is 43.7 Å². The molecule has 206 valence electrons. The Morgan fingerprint density at radius 3 is 2.36 bits per heavy atom. The minimum absolute atomic E-state index is 0.0690. The lowest BCUT2D eigenvalue weighted by Gasteiger charge is -2.31. The molecule has 1 aliphatic heterocycles. The van der Waals surface area contributed by atoms with Crippen LogP contribution in [-0.4, -0.2) is 48.7 Å². The number of hydrogen-bond donors (Lipinski definition) is 4. The van der Waals surface area contributed by atoms with Crippen LogP contribution in [0.3, 0.4) is 0 Å². The minimum atomic E-state index is -0.839. The Morgan fingerprint density at radius 2 is 1.72 bits per heavy atom. The maximum Gasteiger partial charge on any atom is 0.251 e. The normalized spacial score (nSPS) is 15.2. The molecule has 3 aromatic rings. The van der Waals surface area contributed by atoms with E-state index in [1.165, 1.54) is 0 Å². The Kier molecular flexibility index (Phi) is 9.38. The average Bonchev–Trinajstić information content (AvgIpc) is 3.38. The van der Waals surface area contributed by atoms with Gasteiger partial charge in [-0.05, 0) is 62.9 Å². The molecular weight excluding hydrogens is 488 g/mol. The molecule has 0 radical (unpaired) electrons. The molecule has 1 heterocycles. The van der Waals surface area contributed by atoms with Gasteiger partial charge in [-0.2, -0.15) is 0 Å². The maximum atomic E-state index is 13.6. The highest BCUT2D eigenvalue weighted by molar-refractivity contribution is 6.00. The van der Waals surface area contributed by atoms with Crippen LogP contribution < -0.4 is 20.9 Å². The number of aliphatic hydroxyl groups is 1. The second kappa shape index (κ2) is 12.9. The van der Waals surface area contributed by atoms with Gasteiger partial charge in [-0.1, -0.05) is 60.7 Å². The summed E-state index contributed by atoms with van der Waals surface area (Å²) in [6, 6.07) is 24.9. The van der Waals surface area contributed by atoms with Gasteiger partial charge in [-0.15, -0.1) is 0 Å². The van der Waals surface area contributed by atoms with Crippen molar-refractivity contribution in [3.63, 3.8) is 0 Å². The lowest BCUT2D eigenvalue weighted by atomic mass is 9.93. The Morgan fingerprint density at radius 1 is 1.03 bits per heavy atom. The number of nitrogens with zero attached hydrogens (tertiary/aromatic N) is 1. The highest BCUT2D eigenvalue weighted by atomic mass is 16.3. The van der Waals surface area contributed by atoms with E-state index in [-0.39, 0.29) is 17.4 Å². The molecule has 39 heavy (non-hydrogen) atoms. The largest absolute Gasteiger partial charge is 0.390 e. The Hall–Kier alpha value is -3.68.